The minimum absolute atomic E-state index is 0.207. The number of carbonyl (C=O) groups excluding carboxylic acids is 1. The summed E-state index contributed by atoms with van der Waals surface area (Å²) in [6, 6.07) is 13.2. The van der Waals surface area contributed by atoms with Crippen molar-refractivity contribution >= 4 is 11.8 Å². The van der Waals surface area contributed by atoms with E-state index in [1.165, 1.54) is 0 Å². The first-order valence-corrected chi connectivity index (χ1v) is 8.27. The van der Waals surface area contributed by atoms with E-state index in [0.29, 0.717) is 5.82 Å². The molecule has 0 fully saturated rings. The van der Waals surface area contributed by atoms with Crippen LogP contribution in [0, 0.1) is 6.92 Å². The van der Waals surface area contributed by atoms with Crippen LogP contribution in [-0.2, 0) is 0 Å². The van der Waals surface area contributed by atoms with Crippen molar-refractivity contribution in [3.8, 4) is 11.3 Å². The highest BCUT2D eigenvalue weighted by Crippen LogP contribution is 2.20. The van der Waals surface area contributed by atoms with Crippen molar-refractivity contribution in [3.05, 3.63) is 66.2 Å². The number of hydrogen-bond acceptors (Lipinski definition) is 3. The molecule has 0 saturated heterocycles. The summed E-state index contributed by atoms with van der Waals surface area (Å²) in [5, 5.41) is 5.72. The third kappa shape index (κ3) is 4.03. The predicted octanol–water partition coefficient (Wildman–Crippen LogP) is 4.05. The largest absolute Gasteiger partial charge is 0.340 e. The SMILES string of the molecule is CC[C@@H](NC(=O)Nc1ncccc1C)c1ncc(-c2ccccc2)[nH]1. The van der Waals surface area contributed by atoms with Crippen LogP contribution in [0.4, 0.5) is 10.6 Å². The Balaban J connectivity index is 1.69. The summed E-state index contributed by atoms with van der Waals surface area (Å²) in [5.74, 6) is 1.29. The fraction of sp³-hybridized carbons (Fsp3) is 0.211. The third-order valence-corrected chi connectivity index (χ3v) is 3.97. The zero-order valence-electron chi connectivity index (χ0n) is 14.3. The first-order valence-electron chi connectivity index (χ1n) is 8.27. The van der Waals surface area contributed by atoms with Gasteiger partial charge in [-0.15, -0.1) is 0 Å². The number of aryl methyl sites for hydroxylation is 1. The third-order valence-electron chi connectivity index (χ3n) is 3.97. The molecule has 6 heteroatoms. The maximum atomic E-state index is 12.3. The molecule has 1 atom stereocenters. The van der Waals surface area contributed by atoms with E-state index in [0.717, 1.165) is 29.1 Å². The van der Waals surface area contributed by atoms with E-state index in [2.05, 4.69) is 25.6 Å². The molecule has 0 spiro atoms. The summed E-state index contributed by atoms with van der Waals surface area (Å²) in [6.07, 6.45) is 4.16. The minimum atomic E-state index is -0.300. The molecule has 3 aromatic rings. The van der Waals surface area contributed by atoms with Gasteiger partial charge in [0, 0.05) is 6.20 Å². The van der Waals surface area contributed by atoms with Crippen molar-refractivity contribution in [2.24, 2.45) is 0 Å². The van der Waals surface area contributed by atoms with Gasteiger partial charge in [0.1, 0.15) is 11.6 Å². The van der Waals surface area contributed by atoms with Crippen molar-refractivity contribution in [1.82, 2.24) is 20.3 Å². The van der Waals surface area contributed by atoms with Crippen molar-refractivity contribution in [3.63, 3.8) is 0 Å². The molecular formula is C19H21N5O. The summed E-state index contributed by atoms with van der Waals surface area (Å²) in [7, 11) is 0. The second-order valence-corrected chi connectivity index (χ2v) is 5.78. The van der Waals surface area contributed by atoms with Gasteiger partial charge in [-0.1, -0.05) is 43.3 Å². The number of nitrogens with one attached hydrogen (secondary N) is 3. The molecule has 6 nitrogen and oxygen atoms in total. The number of benzene rings is 1. The van der Waals surface area contributed by atoms with Crippen molar-refractivity contribution in [1.29, 1.82) is 0 Å². The number of H-pyrrole nitrogens is 1. The zero-order chi connectivity index (χ0) is 17.6. The lowest BCUT2D eigenvalue weighted by Crippen LogP contribution is -2.33. The Morgan fingerprint density at radius 2 is 1.96 bits per heavy atom. The molecule has 3 rings (SSSR count). The Kier molecular flexibility index (Phi) is 5.09. The van der Waals surface area contributed by atoms with Crippen LogP contribution in [0.5, 0.6) is 0 Å². The Labute approximate surface area is 146 Å². The molecule has 0 aliphatic heterocycles. The highest BCUT2D eigenvalue weighted by Gasteiger charge is 2.17. The molecule has 2 heterocycles. The van der Waals surface area contributed by atoms with Crippen LogP contribution in [0.25, 0.3) is 11.3 Å². The van der Waals surface area contributed by atoms with Gasteiger partial charge in [0.25, 0.3) is 0 Å². The lowest BCUT2D eigenvalue weighted by molar-refractivity contribution is 0.247. The van der Waals surface area contributed by atoms with Gasteiger partial charge in [0.05, 0.1) is 17.9 Å². The molecule has 128 valence electrons. The van der Waals surface area contributed by atoms with E-state index >= 15 is 0 Å². The van der Waals surface area contributed by atoms with Crippen LogP contribution in [0.2, 0.25) is 0 Å². The first kappa shape index (κ1) is 16.7. The monoisotopic (exact) mass is 335 g/mol. The van der Waals surface area contributed by atoms with E-state index in [4.69, 9.17) is 0 Å². The number of imidazole rings is 1. The molecule has 0 aliphatic rings. The van der Waals surface area contributed by atoms with Crippen molar-refractivity contribution in [2.75, 3.05) is 5.32 Å². The normalized spacial score (nSPS) is 11.8. The van der Waals surface area contributed by atoms with Gasteiger partial charge in [0.2, 0.25) is 0 Å². The van der Waals surface area contributed by atoms with Gasteiger partial charge < -0.3 is 10.3 Å². The summed E-state index contributed by atoms with van der Waals surface area (Å²) < 4.78 is 0. The Morgan fingerprint density at radius 1 is 1.16 bits per heavy atom. The van der Waals surface area contributed by atoms with Gasteiger partial charge >= 0.3 is 6.03 Å². The first-order chi connectivity index (χ1) is 12.2. The number of carbonyl (C=O) groups is 1. The number of anilines is 1. The number of rotatable bonds is 5. The second-order valence-electron chi connectivity index (χ2n) is 5.78. The van der Waals surface area contributed by atoms with Gasteiger partial charge in [-0.3, -0.25) is 5.32 Å². The lowest BCUT2D eigenvalue weighted by atomic mass is 10.2. The molecular weight excluding hydrogens is 314 g/mol. The quantitative estimate of drug-likeness (QED) is 0.658. The number of urea groups is 1. The maximum absolute atomic E-state index is 12.3. The molecule has 0 unspecified atom stereocenters. The molecule has 0 bridgehead atoms. The molecule has 25 heavy (non-hydrogen) atoms. The molecule has 3 N–H and O–H groups in total. The molecule has 2 aromatic heterocycles. The van der Waals surface area contributed by atoms with Crippen LogP contribution >= 0.6 is 0 Å². The van der Waals surface area contributed by atoms with Crippen LogP contribution in [0.15, 0.2) is 54.9 Å². The van der Waals surface area contributed by atoms with E-state index in [-0.39, 0.29) is 12.1 Å². The fourth-order valence-electron chi connectivity index (χ4n) is 2.56. The average molecular weight is 335 g/mol. The standard InChI is InChI=1S/C19H21N5O/c1-3-15(23-19(25)24-17-13(2)8-7-11-20-17)18-21-12-16(22-18)14-9-5-4-6-10-14/h4-12,15H,3H2,1-2H3,(H,21,22)(H2,20,23,24,25)/t15-/m1/s1. The lowest BCUT2D eigenvalue weighted by Gasteiger charge is -2.15. The van der Waals surface area contributed by atoms with E-state index in [1.807, 2.05) is 56.3 Å². The number of pyridine rings is 1. The van der Waals surface area contributed by atoms with Gasteiger partial charge in [0.15, 0.2) is 0 Å². The van der Waals surface area contributed by atoms with Gasteiger partial charge in [-0.2, -0.15) is 0 Å². The molecule has 0 aliphatic carbocycles. The Hall–Kier alpha value is -3.15. The molecule has 0 saturated carbocycles. The summed E-state index contributed by atoms with van der Waals surface area (Å²) >= 11 is 0. The Morgan fingerprint density at radius 3 is 2.68 bits per heavy atom. The molecule has 1 aromatic carbocycles. The van der Waals surface area contributed by atoms with Crippen molar-refractivity contribution in [2.45, 2.75) is 26.3 Å². The predicted molar refractivity (Wildman–Crippen MR) is 98.2 cm³/mol. The van der Waals surface area contributed by atoms with E-state index < -0.39 is 0 Å². The van der Waals surface area contributed by atoms with E-state index in [1.54, 1.807) is 12.4 Å². The molecule has 0 radical (unpaired) electrons. The van der Waals surface area contributed by atoms with Crippen LogP contribution < -0.4 is 10.6 Å². The summed E-state index contributed by atoms with van der Waals surface area (Å²) in [5.41, 5.74) is 2.90. The summed E-state index contributed by atoms with van der Waals surface area (Å²) in [4.78, 5) is 24.2. The number of hydrogen-bond donors (Lipinski definition) is 3. The minimum Gasteiger partial charge on any atom is -0.340 e. The number of aromatic amines is 1. The molecule has 2 amide bonds. The number of amides is 2. The highest BCUT2D eigenvalue weighted by molar-refractivity contribution is 5.89. The van der Waals surface area contributed by atoms with E-state index in [9.17, 15) is 4.79 Å². The van der Waals surface area contributed by atoms with Crippen LogP contribution in [0.3, 0.4) is 0 Å². The van der Waals surface area contributed by atoms with Crippen LogP contribution in [-0.4, -0.2) is 21.0 Å². The van der Waals surface area contributed by atoms with Gasteiger partial charge in [-0.05, 0) is 30.5 Å². The zero-order valence-corrected chi connectivity index (χ0v) is 14.3. The summed E-state index contributed by atoms with van der Waals surface area (Å²) in [6.45, 7) is 3.90. The highest BCUT2D eigenvalue weighted by atomic mass is 16.2. The maximum Gasteiger partial charge on any atom is 0.321 e. The number of aromatic nitrogens is 3. The second kappa shape index (κ2) is 7.61. The van der Waals surface area contributed by atoms with Gasteiger partial charge in [-0.25, -0.2) is 14.8 Å². The topological polar surface area (TPSA) is 82.7 Å². The average Bonchev–Trinajstić information content (AvgIpc) is 3.12. The smallest absolute Gasteiger partial charge is 0.321 e. The van der Waals surface area contributed by atoms with Crippen LogP contribution in [0.1, 0.15) is 30.8 Å². The Bertz CT molecular complexity index is 844. The number of nitrogens with zero attached hydrogens (tertiary/aromatic N) is 2. The van der Waals surface area contributed by atoms with Crippen molar-refractivity contribution < 1.29 is 4.79 Å². The fourth-order valence-corrected chi connectivity index (χ4v) is 2.56.